The summed E-state index contributed by atoms with van der Waals surface area (Å²) < 4.78 is 41.6. The Morgan fingerprint density at radius 2 is 2.04 bits per heavy atom. The summed E-state index contributed by atoms with van der Waals surface area (Å²) in [6.45, 7) is 0.246. The van der Waals surface area contributed by atoms with E-state index in [4.69, 9.17) is 23.4 Å². The molecule has 1 aromatic carbocycles. The quantitative estimate of drug-likeness (QED) is 0.783. The first-order valence-corrected chi connectivity index (χ1v) is 7.39. The lowest BCUT2D eigenvalue weighted by Gasteiger charge is -2.16. The van der Waals surface area contributed by atoms with E-state index in [0.29, 0.717) is 11.8 Å². The summed E-state index contributed by atoms with van der Waals surface area (Å²) in [4.78, 5) is 17.3. The number of aromatic nitrogens is 2. The van der Waals surface area contributed by atoms with Crippen LogP contribution in [0.5, 0.6) is 0 Å². The van der Waals surface area contributed by atoms with Gasteiger partial charge < -0.3 is 4.90 Å². The van der Waals surface area contributed by atoms with Crippen LogP contribution in [0.25, 0.3) is 0 Å². The number of benzene rings is 1. The van der Waals surface area contributed by atoms with Crippen LogP contribution in [0.15, 0.2) is 18.3 Å². The molecule has 2 heterocycles. The molecule has 0 N–H and O–H groups in total. The monoisotopic (exact) mass is 363 g/mol. The number of nitrogens with zero attached hydrogens (tertiary/aromatic N) is 3. The largest absolute Gasteiger partial charge is 0.336 e. The molecule has 23 heavy (non-hydrogen) atoms. The molecule has 0 bridgehead atoms. The standard InChI is InChI=1S/C14H10Cl2F3N3O/c15-14-20-4-9(22(14)16)6-21-5-7(1-12(21)23)10-2-8(17)3-11(18)13(10)19/h2-4,7H,1,5-6H2. The smallest absolute Gasteiger partial charge is 0.223 e. The van der Waals surface area contributed by atoms with Gasteiger partial charge >= 0.3 is 0 Å². The van der Waals surface area contributed by atoms with Crippen LogP contribution in [0.4, 0.5) is 13.2 Å². The molecule has 122 valence electrons. The highest BCUT2D eigenvalue weighted by molar-refractivity contribution is 6.32. The molecule has 1 atom stereocenters. The van der Waals surface area contributed by atoms with Gasteiger partial charge in [-0.1, -0.05) is 0 Å². The average molecular weight is 364 g/mol. The fourth-order valence-electron chi connectivity index (χ4n) is 2.65. The molecule has 1 saturated heterocycles. The number of carbonyl (C=O) groups is 1. The summed E-state index contributed by atoms with van der Waals surface area (Å²) in [6, 6.07) is 1.39. The summed E-state index contributed by atoms with van der Waals surface area (Å²) in [7, 11) is 0. The fraction of sp³-hybridized carbons (Fsp3) is 0.286. The Labute approximate surface area is 139 Å². The van der Waals surface area contributed by atoms with Gasteiger partial charge in [0.15, 0.2) is 11.6 Å². The molecule has 1 amide bonds. The molecule has 4 nitrogen and oxygen atoms in total. The highest BCUT2D eigenvalue weighted by Gasteiger charge is 2.33. The van der Waals surface area contributed by atoms with E-state index in [1.807, 2.05) is 0 Å². The van der Waals surface area contributed by atoms with E-state index in [9.17, 15) is 18.0 Å². The number of hydrogen-bond donors (Lipinski definition) is 0. The van der Waals surface area contributed by atoms with Gasteiger partial charge in [-0.25, -0.2) is 22.2 Å². The van der Waals surface area contributed by atoms with E-state index in [1.54, 1.807) is 0 Å². The highest BCUT2D eigenvalue weighted by Crippen LogP contribution is 2.32. The average Bonchev–Trinajstić information content (AvgIpc) is 3.01. The topological polar surface area (TPSA) is 38.1 Å². The molecular formula is C14H10Cl2F3N3O. The molecule has 1 unspecified atom stereocenters. The summed E-state index contributed by atoms with van der Waals surface area (Å²) >= 11 is 11.6. The number of likely N-dealkylation sites (tertiary alicyclic amines) is 1. The number of amides is 1. The molecule has 1 fully saturated rings. The summed E-state index contributed by atoms with van der Waals surface area (Å²) in [5.74, 6) is -4.17. The lowest BCUT2D eigenvalue weighted by Crippen LogP contribution is -2.25. The molecular weight excluding hydrogens is 354 g/mol. The van der Waals surface area contributed by atoms with Crippen molar-refractivity contribution in [1.29, 1.82) is 0 Å². The molecule has 1 aliphatic heterocycles. The van der Waals surface area contributed by atoms with Crippen molar-refractivity contribution in [3.63, 3.8) is 0 Å². The third-order valence-electron chi connectivity index (χ3n) is 3.76. The summed E-state index contributed by atoms with van der Waals surface area (Å²) in [5.41, 5.74) is 0.340. The zero-order valence-electron chi connectivity index (χ0n) is 11.6. The maximum Gasteiger partial charge on any atom is 0.223 e. The molecule has 0 saturated carbocycles. The van der Waals surface area contributed by atoms with E-state index in [-0.39, 0.29) is 36.3 Å². The first kappa shape index (κ1) is 16.1. The Balaban J connectivity index is 1.81. The number of rotatable bonds is 3. The normalized spacial score (nSPS) is 18.0. The van der Waals surface area contributed by atoms with Crippen molar-refractivity contribution in [3.05, 3.63) is 52.3 Å². The first-order chi connectivity index (χ1) is 10.9. The Hall–Kier alpha value is -1.73. The Bertz CT molecular complexity index is 781. The second-order valence-corrected chi connectivity index (χ2v) is 5.94. The van der Waals surface area contributed by atoms with Crippen LogP contribution in [-0.4, -0.2) is 26.4 Å². The van der Waals surface area contributed by atoms with Gasteiger partial charge in [0.25, 0.3) is 0 Å². The Morgan fingerprint density at radius 1 is 1.30 bits per heavy atom. The molecule has 1 aromatic heterocycles. The van der Waals surface area contributed by atoms with Gasteiger partial charge in [0.1, 0.15) is 5.82 Å². The van der Waals surface area contributed by atoms with Crippen LogP contribution >= 0.6 is 23.4 Å². The van der Waals surface area contributed by atoms with Crippen molar-refractivity contribution in [2.75, 3.05) is 6.54 Å². The van der Waals surface area contributed by atoms with Gasteiger partial charge in [-0.15, -0.1) is 0 Å². The third-order valence-corrected chi connectivity index (χ3v) is 4.49. The molecule has 2 aromatic rings. The van der Waals surface area contributed by atoms with E-state index >= 15 is 0 Å². The van der Waals surface area contributed by atoms with Gasteiger partial charge in [0.2, 0.25) is 11.2 Å². The lowest BCUT2D eigenvalue weighted by molar-refractivity contribution is -0.128. The van der Waals surface area contributed by atoms with Crippen LogP contribution in [0.3, 0.4) is 0 Å². The van der Waals surface area contributed by atoms with Crippen LogP contribution in [0, 0.1) is 17.5 Å². The first-order valence-electron chi connectivity index (χ1n) is 6.67. The van der Waals surface area contributed by atoms with E-state index in [0.717, 1.165) is 10.2 Å². The summed E-state index contributed by atoms with van der Waals surface area (Å²) in [5, 5.41) is 0.0584. The van der Waals surface area contributed by atoms with Crippen molar-refractivity contribution >= 4 is 29.3 Å². The van der Waals surface area contributed by atoms with Crippen molar-refractivity contribution in [3.8, 4) is 0 Å². The van der Waals surface area contributed by atoms with E-state index < -0.39 is 23.4 Å². The number of carbonyl (C=O) groups excluding carboxylic acids is 1. The lowest BCUT2D eigenvalue weighted by atomic mass is 9.97. The van der Waals surface area contributed by atoms with Crippen molar-refractivity contribution in [2.45, 2.75) is 18.9 Å². The minimum Gasteiger partial charge on any atom is -0.336 e. The maximum atomic E-state index is 13.9. The predicted molar refractivity (Wildman–Crippen MR) is 77.6 cm³/mol. The van der Waals surface area contributed by atoms with Gasteiger partial charge in [0.05, 0.1) is 18.4 Å². The molecule has 0 radical (unpaired) electrons. The van der Waals surface area contributed by atoms with Gasteiger partial charge in [-0.3, -0.25) is 4.79 Å². The zero-order chi connectivity index (χ0) is 16.7. The fourth-order valence-corrected chi connectivity index (χ4v) is 2.95. The van der Waals surface area contributed by atoms with Gasteiger partial charge in [-0.2, -0.15) is 0 Å². The maximum absolute atomic E-state index is 13.9. The third kappa shape index (κ3) is 3.03. The molecule has 0 aliphatic carbocycles. The van der Waals surface area contributed by atoms with Gasteiger partial charge in [0, 0.05) is 36.7 Å². The van der Waals surface area contributed by atoms with E-state index in [2.05, 4.69) is 4.98 Å². The zero-order valence-corrected chi connectivity index (χ0v) is 13.1. The van der Waals surface area contributed by atoms with Crippen LogP contribution in [0.2, 0.25) is 5.28 Å². The SMILES string of the molecule is O=C1CC(c2cc(F)cc(F)c2F)CN1Cc1cnc(Cl)n1Cl. The Morgan fingerprint density at radius 3 is 2.70 bits per heavy atom. The van der Waals surface area contributed by atoms with Crippen LogP contribution in [-0.2, 0) is 11.3 Å². The van der Waals surface area contributed by atoms with Crippen molar-refractivity contribution in [2.24, 2.45) is 0 Å². The molecule has 1 aliphatic rings. The number of hydrogen-bond acceptors (Lipinski definition) is 2. The van der Waals surface area contributed by atoms with Crippen LogP contribution < -0.4 is 0 Å². The minimum absolute atomic E-state index is 0.0377. The van der Waals surface area contributed by atoms with Crippen molar-refractivity contribution in [1.82, 2.24) is 14.0 Å². The second-order valence-electron chi connectivity index (χ2n) is 5.27. The Kier molecular flexibility index (Phi) is 4.25. The highest BCUT2D eigenvalue weighted by atomic mass is 35.5. The number of imidazole rings is 1. The number of halogens is 5. The second kappa shape index (κ2) is 6.05. The van der Waals surface area contributed by atoms with Gasteiger partial charge in [-0.05, 0) is 23.2 Å². The predicted octanol–water partition coefficient (Wildman–Crippen LogP) is 3.47. The van der Waals surface area contributed by atoms with E-state index in [1.165, 1.54) is 11.1 Å². The minimum atomic E-state index is -1.27. The molecule has 0 spiro atoms. The van der Waals surface area contributed by atoms with Crippen molar-refractivity contribution < 1.29 is 18.0 Å². The summed E-state index contributed by atoms with van der Waals surface area (Å²) in [6.07, 6.45) is 1.38. The molecule has 3 rings (SSSR count). The molecule has 9 heteroatoms. The van der Waals surface area contributed by atoms with Crippen LogP contribution in [0.1, 0.15) is 23.6 Å².